The molecule has 3 heterocycles. The Balaban J connectivity index is 1.26. The molecule has 7 heteroatoms. The first kappa shape index (κ1) is 18.8. The number of thiophene rings is 1. The van der Waals surface area contributed by atoms with Crippen molar-refractivity contribution in [3.8, 4) is 0 Å². The lowest BCUT2D eigenvalue weighted by Crippen LogP contribution is -2.32. The largest absolute Gasteiger partial charge is 0.330 e. The molecule has 0 spiro atoms. The van der Waals surface area contributed by atoms with Gasteiger partial charge in [0.2, 0.25) is 0 Å². The van der Waals surface area contributed by atoms with Crippen LogP contribution in [0.4, 0.5) is 22.0 Å². The maximum absolute atomic E-state index is 12.8. The maximum Gasteiger partial charge on any atom is 0.330 e. The Morgan fingerprint density at radius 1 is 1.00 bits per heavy atom. The molecule has 1 N–H and O–H groups in total. The van der Waals surface area contributed by atoms with Crippen LogP contribution in [0.3, 0.4) is 0 Å². The number of nitrogens with one attached hydrogen (secondary N) is 1. The molecule has 1 aliphatic carbocycles. The highest BCUT2D eigenvalue weighted by molar-refractivity contribution is 7.14. The van der Waals surface area contributed by atoms with E-state index >= 15 is 0 Å². The first-order chi connectivity index (χ1) is 14.7. The van der Waals surface area contributed by atoms with Gasteiger partial charge in [0.15, 0.2) is 0 Å². The molecule has 0 unspecified atom stereocenters. The molecule has 2 aromatic heterocycles. The minimum absolute atomic E-state index is 0.0883. The summed E-state index contributed by atoms with van der Waals surface area (Å²) in [6.07, 6.45) is 6.16. The van der Waals surface area contributed by atoms with Gasteiger partial charge in [0, 0.05) is 23.7 Å². The van der Waals surface area contributed by atoms with E-state index in [2.05, 4.69) is 10.3 Å². The van der Waals surface area contributed by atoms with Crippen LogP contribution in [-0.4, -0.2) is 30.0 Å². The van der Waals surface area contributed by atoms with Crippen LogP contribution >= 0.6 is 11.3 Å². The van der Waals surface area contributed by atoms with Crippen molar-refractivity contribution >= 4 is 40.5 Å². The van der Waals surface area contributed by atoms with Crippen molar-refractivity contribution in [2.75, 3.05) is 28.2 Å². The van der Waals surface area contributed by atoms with E-state index in [9.17, 15) is 9.59 Å². The maximum atomic E-state index is 12.8. The number of anilines is 3. The van der Waals surface area contributed by atoms with Crippen molar-refractivity contribution < 1.29 is 9.59 Å². The Kier molecular flexibility index (Phi) is 4.96. The van der Waals surface area contributed by atoms with Crippen molar-refractivity contribution in [3.05, 3.63) is 70.0 Å². The predicted molar refractivity (Wildman–Crippen MR) is 120 cm³/mol. The summed E-state index contributed by atoms with van der Waals surface area (Å²) in [5, 5.41) is 2.93. The molecule has 152 valence electrons. The van der Waals surface area contributed by atoms with Crippen LogP contribution in [0.15, 0.2) is 54.7 Å². The van der Waals surface area contributed by atoms with Gasteiger partial charge in [0.1, 0.15) is 5.82 Å². The number of fused-ring (bicyclic) bond motifs is 1. The number of carbonyl (C=O) groups is 2. The molecule has 1 saturated heterocycles. The van der Waals surface area contributed by atoms with Crippen molar-refractivity contribution in [3.63, 3.8) is 0 Å². The standard InChI is InChI=1S/C23H22N4O2S/c28-22(20-14-16-6-4-5-9-19(16)30-20)25-17-10-11-21(24-15-17)27-13-12-26(23(27)29)18-7-2-1-3-8-18/h1-3,7-8,10-11,14-15H,4-6,9,12-13H2,(H,25,28). The summed E-state index contributed by atoms with van der Waals surface area (Å²) < 4.78 is 0. The molecule has 0 bridgehead atoms. The molecule has 3 aromatic rings. The van der Waals surface area contributed by atoms with Crippen LogP contribution in [0, 0.1) is 0 Å². The number of para-hydroxylation sites is 1. The average Bonchev–Trinajstić information content (AvgIpc) is 3.39. The van der Waals surface area contributed by atoms with Gasteiger partial charge in [-0.05, 0) is 61.6 Å². The van der Waals surface area contributed by atoms with Gasteiger partial charge in [0.05, 0.1) is 16.8 Å². The van der Waals surface area contributed by atoms with Gasteiger partial charge < -0.3 is 5.32 Å². The summed E-state index contributed by atoms with van der Waals surface area (Å²) in [6, 6.07) is 15.1. The van der Waals surface area contributed by atoms with Gasteiger partial charge in [-0.1, -0.05) is 18.2 Å². The normalized spacial score (nSPS) is 15.9. The Labute approximate surface area is 179 Å². The number of benzene rings is 1. The van der Waals surface area contributed by atoms with Crippen LogP contribution in [0.2, 0.25) is 0 Å². The van der Waals surface area contributed by atoms with E-state index in [1.54, 1.807) is 39.5 Å². The van der Waals surface area contributed by atoms with E-state index in [4.69, 9.17) is 0 Å². The number of hydrogen-bond donors (Lipinski definition) is 1. The molecule has 30 heavy (non-hydrogen) atoms. The number of aryl methyl sites for hydroxylation is 2. The predicted octanol–water partition coefficient (Wildman–Crippen LogP) is 4.72. The summed E-state index contributed by atoms with van der Waals surface area (Å²) in [5.41, 5.74) is 2.83. The van der Waals surface area contributed by atoms with Gasteiger partial charge in [-0.3, -0.25) is 14.6 Å². The molecule has 1 aliphatic heterocycles. The average molecular weight is 419 g/mol. The summed E-state index contributed by atoms with van der Waals surface area (Å²) in [5.74, 6) is 0.486. The van der Waals surface area contributed by atoms with E-state index in [-0.39, 0.29) is 11.9 Å². The molecule has 3 amide bonds. The number of carbonyl (C=O) groups excluding carboxylic acids is 2. The number of aromatic nitrogens is 1. The monoisotopic (exact) mass is 418 g/mol. The zero-order valence-corrected chi connectivity index (χ0v) is 17.3. The second kappa shape index (κ2) is 7.91. The Bertz CT molecular complexity index is 1050. The van der Waals surface area contributed by atoms with Crippen LogP contribution < -0.4 is 15.1 Å². The highest BCUT2D eigenvalue weighted by Crippen LogP contribution is 2.30. The third-order valence-electron chi connectivity index (χ3n) is 5.58. The number of amides is 3. The van der Waals surface area contributed by atoms with Gasteiger partial charge in [0.25, 0.3) is 5.91 Å². The number of urea groups is 1. The molecule has 1 fully saturated rings. The fraction of sp³-hybridized carbons (Fsp3) is 0.261. The molecular weight excluding hydrogens is 396 g/mol. The molecule has 0 radical (unpaired) electrons. The zero-order valence-electron chi connectivity index (χ0n) is 16.5. The smallest absolute Gasteiger partial charge is 0.320 e. The lowest BCUT2D eigenvalue weighted by atomic mass is 9.99. The van der Waals surface area contributed by atoms with Gasteiger partial charge >= 0.3 is 6.03 Å². The van der Waals surface area contributed by atoms with Gasteiger partial charge in [-0.2, -0.15) is 0 Å². The Morgan fingerprint density at radius 2 is 1.80 bits per heavy atom. The molecule has 2 aliphatic rings. The second-order valence-electron chi connectivity index (χ2n) is 7.55. The SMILES string of the molecule is O=C(Nc1ccc(N2CCN(c3ccccc3)C2=O)nc1)c1cc2c(s1)CCCC2. The molecule has 6 nitrogen and oxygen atoms in total. The molecule has 5 rings (SSSR count). The molecule has 0 saturated carbocycles. The lowest BCUT2D eigenvalue weighted by Gasteiger charge is -2.18. The topological polar surface area (TPSA) is 65.5 Å². The highest BCUT2D eigenvalue weighted by Gasteiger charge is 2.31. The molecule has 1 aromatic carbocycles. The van der Waals surface area contributed by atoms with Gasteiger partial charge in [-0.25, -0.2) is 9.78 Å². The second-order valence-corrected chi connectivity index (χ2v) is 8.68. The number of rotatable bonds is 4. The van der Waals surface area contributed by atoms with Crippen LogP contribution in [0.25, 0.3) is 0 Å². The number of pyridine rings is 1. The summed E-state index contributed by atoms with van der Waals surface area (Å²) in [4.78, 5) is 35.3. The lowest BCUT2D eigenvalue weighted by molar-refractivity contribution is 0.103. The zero-order chi connectivity index (χ0) is 20.5. The minimum Gasteiger partial charge on any atom is -0.320 e. The van der Waals surface area contributed by atoms with Crippen molar-refractivity contribution in [1.29, 1.82) is 0 Å². The van der Waals surface area contributed by atoms with Crippen LogP contribution in [-0.2, 0) is 12.8 Å². The first-order valence-corrected chi connectivity index (χ1v) is 11.0. The van der Waals surface area contributed by atoms with Crippen LogP contribution in [0.1, 0.15) is 33.0 Å². The van der Waals surface area contributed by atoms with Crippen molar-refractivity contribution in [2.45, 2.75) is 25.7 Å². The van der Waals surface area contributed by atoms with E-state index in [0.29, 0.717) is 24.6 Å². The van der Waals surface area contributed by atoms with Gasteiger partial charge in [-0.15, -0.1) is 11.3 Å². The number of hydrogen-bond acceptors (Lipinski definition) is 4. The summed E-state index contributed by atoms with van der Waals surface area (Å²) >= 11 is 1.59. The third-order valence-corrected chi connectivity index (χ3v) is 6.82. The summed E-state index contributed by atoms with van der Waals surface area (Å²) in [6.45, 7) is 1.19. The Morgan fingerprint density at radius 3 is 2.57 bits per heavy atom. The van der Waals surface area contributed by atoms with Crippen molar-refractivity contribution in [1.82, 2.24) is 4.98 Å². The van der Waals surface area contributed by atoms with E-state index in [1.165, 1.54) is 23.3 Å². The van der Waals surface area contributed by atoms with Crippen LogP contribution in [0.5, 0.6) is 0 Å². The van der Waals surface area contributed by atoms with Crippen molar-refractivity contribution in [2.24, 2.45) is 0 Å². The summed E-state index contributed by atoms with van der Waals surface area (Å²) in [7, 11) is 0. The first-order valence-electron chi connectivity index (χ1n) is 10.2. The number of nitrogens with zero attached hydrogens (tertiary/aromatic N) is 3. The highest BCUT2D eigenvalue weighted by atomic mass is 32.1. The quantitative estimate of drug-likeness (QED) is 0.667. The van der Waals surface area contributed by atoms with E-state index < -0.39 is 0 Å². The molecular formula is C23H22N4O2S. The fourth-order valence-electron chi connectivity index (χ4n) is 4.01. The fourth-order valence-corrected chi connectivity index (χ4v) is 5.16. The minimum atomic E-state index is -0.101. The Hall–Kier alpha value is -3.19. The molecule has 0 atom stereocenters. The van der Waals surface area contributed by atoms with E-state index in [0.717, 1.165) is 23.4 Å². The van der Waals surface area contributed by atoms with E-state index in [1.807, 2.05) is 36.4 Å². The third kappa shape index (κ3) is 3.57.